The van der Waals surface area contributed by atoms with Crippen molar-refractivity contribution in [2.75, 3.05) is 19.6 Å². The van der Waals surface area contributed by atoms with Crippen molar-refractivity contribution in [1.29, 1.82) is 0 Å². The molecule has 2 aromatic rings. The van der Waals surface area contributed by atoms with Crippen LogP contribution in [0.1, 0.15) is 38.3 Å². The van der Waals surface area contributed by atoms with Gasteiger partial charge in [0.2, 0.25) is 5.91 Å². The highest BCUT2D eigenvalue weighted by Crippen LogP contribution is 2.29. The zero-order valence-electron chi connectivity index (χ0n) is 17.4. The molecule has 2 aliphatic heterocycles. The maximum Gasteiger partial charge on any atom is 0.220 e. The van der Waals surface area contributed by atoms with Crippen LogP contribution in [0.4, 0.5) is 0 Å². The van der Waals surface area contributed by atoms with E-state index in [9.17, 15) is 4.79 Å². The molecule has 4 rings (SSSR count). The van der Waals surface area contributed by atoms with Gasteiger partial charge in [-0.1, -0.05) is 54.6 Å². The first-order valence-corrected chi connectivity index (χ1v) is 10.8. The Labute approximate surface area is 173 Å². The van der Waals surface area contributed by atoms with Crippen LogP contribution in [0.15, 0.2) is 54.6 Å². The molecule has 2 aliphatic rings. The lowest BCUT2D eigenvalue weighted by Gasteiger charge is -2.33. The van der Waals surface area contributed by atoms with E-state index in [2.05, 4.69) is 83.4 Å². The Morgan fingerprint density at radius 2 is 1.72 bits per heavy atom. The minimum Gasteiger partial charge on any atom is -0.352 e. The Balaban J connectivity index is 1.43. The third kappa shape index (κ3) is 4.86. The van der Waals surface area contributed by atoms with Crippen LogP contribution in [0.2, 0.25) is 0 Å². The van der Waals surface area contributed by atoms with Crippen LogP contribution in [0, 0.1) is 5.92 Å². The molecule has 2 aromatic carbocycles. The SMILES string of the molecule is CC(C)N(CC1CCC(=O)N1)CC1CNNC1c1ccc(-c2ccccc2)cc1. The minimum atomic E-state index is 0.194. The highest BCUT2D eigenvalue weighted by Gasteiger charge is 2.32. The zero-order chi connectivity index (χ0) is 20.2. The van der Waals surface area contributed by atoms with Crippen LogP contribution in [0.25, 0.3) is 11.1 Å². The van der Waals surface area contributed by atoms with E-state index in [1.54, 1.807) is 0 Å². The van der Waals surface area contributed by atoms with Crippen molar-refractivity contribution in [2.45, 2.75) is 44.8 Å². The van der Waals surface area contributed by atoms with Crippen LogP contribution in [-0.4, -0.2) is 42.5 Å². The van der Waals surface area contributed by atoms with Crippen molar-refractivity contribution in [3.63, 3.8) is 0 Å². The second-order valence-corrected chi connectivity index (χ2v) is 8.60. The van der Waals surface area contributed by atoms with Crippen LogP contribution in [0.5, 0.6) is 0 Å². The van der Waals surface area contributed by atoms with E-state index in [0.29, 0.717) is 24.4 Å². The number of nitrogens with one attached hydrogen (secondary N) is 3. The van der Waals surface area contributed by atoms with E-state index in [4.69, 9.17) is 0 Å². The summed E-state index contributed by atoms with van der Waals surface area (Å²) in [5.74, 6) is 0.677. The Hall–Kier alpha value is -2.21. The fourth-order valence-corrected chi connectivity index (χ4v) is 4.47. The molecule has 3 N–H and O–H groups in total. The Bertz CT molecular complexity index is 805. The molecule has 0 spiro atoms. The molecule has 29 heavy (non-hydrogen) atoms. The summed E-state index contributed by atoms with van der Waals surface area (Å²) in [6, 6.07) is 20.5. The molecule has 3 atom stereocenters. The molecule has 154 valence electrons. The van der Waals surface area contributed by atoms with Crippen molar-refractivity contribution >= 4 is 5.91 Å². The fraction of sp³-hybridized carbons (Fsp3) is 0.458. The summed E-state index contributed by atoms with van der Waals surface area (Å²) in [5.41, 5.74) is 10.7. The monoisotopic (exact) mass is 392 g/mol. The van der Waals surface area contributed by atoms with Crippen LogP contribution in [0.3, 0.4) is 0 Å². The average Bonchev–Trinajstić information content (AvgIpc) is 3.37. The maximum absolute atomic E-state index is 11.6. The van der Waals surface area contributed by atoms with Crippen molar-refractivity contribution in [3.8, 4) is 11.1 Å². The van der Waals surface area contributed by atoms with Gasteiger partial charge in [-0.2, -0.15) is 0 Å². The van der Waals surface area contributed by atoms with Gasteiger partial charge in [-0.3, -0.25) is 15.1 Å². The summed E-state index contributed by atoms with van der Waals surface area (Å²) < 4.78 is 0. The van der Waals surface area contributed by atoms with E-state index >= 15 is 0 Å². The summed E-state index contributed by atoms with van der Waals surface area (Å²) in [7, 11) is 0. The molecule has 5 heteroatoms. The predicted molar refractivity (Wildman–Crippen MR) is 117 cm³/mol. The van der Waals surface area contributed by atoms with Crippen molar-refractivity contribution < 1.29 is 4.79 Å². The van der Waals surface area contributed by atoms with Gasteiger partial charge in [0, 0.05) is 44.1 Å². The second kappa shape index (κ2) is 9.08. The number of benzene rings is 2. The molecule has 3 unspecified atom stereocenters. The van der Waals surface area contributed by atoms with E-state index in [0.717, 1.165) is 26.1 Å². The normalized spacial score (nSPS) is 24.4. The van der Waals surface area contributed by atoms with Gasteiger partial charge >= 0.3 is 0 Å². The topological polar surface area (TPSA) is 56.4 Å². The van der Waals surface area contributed by atoms with Crippen molar-refractivity contribution in [1.82, 2.24) is 21.1 Å². The van der Waals surface area contributed by atoms with Crippen molar-refractivity contribution in [3.05, 3.63) is 60.2 Å². The van der Waals surface area contributed by atoms with Crippen LogP contribution < -0.4 is 16.2 Å². The summed E-state index contributed by atoms with van der Waals surface area (Å²) in [6.45, 7) is 7.38. The molecular formula is C24H32N4O. The molecule has 0 bridgehead atoms. The van der Waals surface area contributed by atoms with E-state index < -0.39 is 0 Å². The number of hydrazine groups is 1. The first kappa shape index (κ1) is 20.1. The number of carbonyl (C=O) groups is 1. The van der Waals surface area contributed by atoms with Gasteiger partial charge in [0.25, 0.3) is 0 Å². The number of nitrogens with zero attached hydrogens (tertiary/aromatic N) is 1. The molecule has 0 aliphatic carbocycles. The largest absolute Gasteiger partial charge is 0.352 e. The highest BCUT2D eigenvalue weighted by atomic mass is 16.1. The smallest absolute Gasteiger partial charge is 0.220 e. The molecule has 2 heterocycles. The van der Waals surface area contributed by atoms with Crippen LogP contribution >= 0.6 is 0 Å². The van der Waals surface area contributed by atoms with Gasteiger partial charge in [0.15, 0.2) is 0 Å². The van der Waals surface area contributed by atoms with Gasteiger partial charge in [-0.15, -0.1) is 0 Å². The first-order chi connectivity index (χ1) is 14.1. The van der Waals surface area contributed by atoms with E-state index in [1.165, 1.54) is 16.7 Å². The fourth-order valence-electron chi connectivity index (χ4n) is 4.47. The Morgan fingerprint density at radius 3 is 2.38 bits per heavy atom. The standard InChI is InChI=1S/C24H32N4O/c1-17(2)28(16-22-12-13-23(29)26-22)15-21-14-25-27-24(21)20-10-8-19(9-11-20)18-6-4-3-5-7-18/h3-11,17,21-22,24-25,27H,12-16H2,1-2H3,(H,26,29). The molecule has 2 fully saturated rings. The first-order valence-electron chi connectivity index (χ1n) is 10.8. The lowest BCUT2D eigenvalue weighted by molar-refractivity contribution is -0.119. The van der Waals surface area contributed by atoms with Gasteiger partial charge in [-0.25, -0.2) is 5.43 Å². The Kier molecular flexibility index (Phi) is 6.28. The average molecular weight is 393 g/mol. The number of amides is 1. The summed E-state index contributed by atoms with van der Waals surface area (Å²) in [6.07, 6.45) is 1.62. The predicted octanol–water partition coefficient (Wildman–Crippen LogP) is 3.11. The minimum absolute atomic E-state index is 0.194. The van der Waals surface area contributed by atoms with Gasteiger partial charge in [0.1, 0.15) is 0 Å². The molecule has 1 amide bonds. The summed E-state index contributed by atoms with van der Waals surface area (Å²) in [5, 5.41) is 3.12. The number of hydrogen-bond acceptors (Lipinski definition) is 4. The van der Waals surface area contributed by atoms with Gasteiger partial charge < -0.3 is 5.32 Å². The Morgan fingerprint density at radius 1 is 1.00 bits per heavy atom. The quantitative estimate of drug-likeness (QED) is 0.678. The molecular weight excluding hydrogens is 360 g/mol. The number of carbonyl (C=O) groups excluding carboxylic acids is 1. The number of hydrogen-bond donors (Lipinski definition) is 3. The summed E-state index contributed by atoms with van der Waals surface area (Å²) in [4.78, 5) is 14.1. The third-order valence-corrected chi connectivity index (χ3v) is 6.21. The van der Waals surface area contributed by atoms with E-state index in [-0.39, 0.29) is 11.9 Å². The molecule has 2 saturated heterocycles. The van der Waals surface area contributed by atoms with Crippen molar-refractivity contribution in [2.24, 2.45) is 5.92 Å². The molecule has 0 radical (unpaired) electrons. The van der Waals surface area contributed by atoms with Gasteiger partial charge in [0.05, 0.1) is 6.04 Å². The lowest BCUT2D eigenvalue weighted by atomic mass is 9.92. The van der Waals surface area contributed by atoms with E-state index in [1.807, 2.05) is 6.07 Å². The molecule has 5 nitrogen and oxygen atoms in total. The van der Waals surface area contributed by atoms with Gasteiger partial charge in [-0.05, 0) is 37.0 Å². The maximum atomic E-state index is 11.6. The number of rotatable bonds is 7. The third-order valence-electron chi connectivity index (χ3n) is 6.21. The molecule has 0 saturated carbocycles. The zero-order valence-corrected chi connectivity index (χ0v) is 17.4. The highest BCUT2D eigenvalue weighted by molar-refractivity contribution is 5.78. The lowest BCUT2D eigenvalue weighted by Crippen LogP contribution is -2.45. The van der Waals surface area contributed by atoms with Crippen LogP contribution in [-0.2, 0) is 4.79 Å². The second-order valence-electron chi connectivity index (χ2n) is 8.60. The molecule has 0 aromatic heterocycles. The summed E-state index contributed by atoms with van der Waals surface area (Å²) >= 11 is 0.